The number of amides is 2. The second-order valence-corrected chi connectivity index (χ2v) is 7.93. The molecule has 1 N–H and O–H groups in total. The number of anilines is 2. The van der Waals surface area contributed by atoms with Crippen LogP contribution in [-0.4, -0.2) is 25.0 Å². The maximum atomic E-state index is 12.9. The zero-order chi connectivity index (χ0) is 20.3. The maximum Gasteiger partial charge on any atom is 0.265 e. The summed E-state index contributed by atoms with van der Waals surface area (Å²) < 4.78 is 18.5. The number of nitrogens with one attached hydrogen (secondary N) is 1. The Balaban J connectivity index is 1.63. The molecule has 0 spiro atoms. The number of hydrogen-bond donors (Lipinski definition) is 1. The van der Waals surface area contributed by atoms with Gasteiger partial charge < -0.3 is 15.0 Å². The molecule has 0 atom stereocenters. The van der Waals surface area contributed by atoms with E-state index in [0.29, 0.717) is 24.4 Å². The summed E-state index contributed by atoms with van der Waals surface area (Å²) in [5, 5.41) is 2.73. The van der Waals surface area contributed by atoms with E-state index in [9.17, 15) is 14.0 Å². The van der Waals surface area contributed by atoms with E-state index in [1.165, 1.54) is 24.3 Å². The first-order valence-electron chi connectivity index (χ1n) is 9.37. The number of ether oxygens (including phenoxy) is 1. The molecule has 2 aromatic carbocycles. The number of hydrogen-bond acceptors (Lipinski definition) is 3. The summed E-state index contributed by atoms with van der Waals surface area (Å²) in [6, 6.07) is 11.5. The molecule has 2 amide bonds. The monoisotopic (exact) mass is 384 g/mol. The third-order valence-corrected chi connectivity index (χ3v) is 4.68. The first-order chi connectivity index (χ1) is 13.2. The Morgan fingerprint density at radius 1 is 1.18 bits per heavy atom. The molecule has 0 fully saturated rings. The topological polar surface area (TPSA) is 58.6 Å². The number of benzene rings is 2. The van der Waals surface area contributed by atoms with Gasteiger partial charge in [-0.1, -0.05) is 26.8 Å². The lowest BCUT2D eigenvalue weighted by molar-refractivity contribution is -0.121. The minimum Gasteiger partial charge on any atom is -0.482 e. The third kappa shape index (κ3) is 4.68. The van der Waals surface area contributed by atoms with Gasteiger partial charge in [0.25, 0.3) is 5.91 Å². The lowest BCUT2D eigenvalue weighted by Crippen LogP contribution is -2.39. The minimum absolute atomic E-state index is 0.00361. The van der Waals surface area contributed by atoms with E-state index >= 15 is 0 Å². The molecule has 2 aromatic rings. The van der Waals surface area contributed by atoms with Gasteiger partial charge in [-0.15, -0.1) is 0 Å². The molecular weight excluding hydrogens is 359 g/mol. The molecule has 28 heavy (non-hydrogen) atoms. The average Bonchev–Trinajstić information content (AvgIpc) is 2.64. The van der Waals surface area contributed by atoms with E-state index < -0.39 is 0 Å². The van der Waals surface area contributed by atoms with E-state index in [1.54, 1.807) is 4.90 Å². The lowest BCUT2D eigenvalue weighted by Gasteiger charge is -2.31. The van der Waals surface area contributed by atoms with E-state index in [4.69, 9.17) is 4.74 Å². The Bertz CT molecular complexity index is 872. The van der Waals surface area contributed by atoms with Crippen molar-refractivity contribution in [2.75, 3.05) is 23.4 Å². The molecule has 6 heteroatoms. The van der Waals surface area contributed by atoms with Crippen LogP contribution in [0, 0.1) is 5.82 Å². The van der Waals surface area contributed by atoms with Crippen LogP contribution in [0.25, 0.3) is 0 Å². The van der Waals surface area contributed by atoms with Crippen molar-refractivity contribution < 1.29 is 18.7 Å². The number of nitrogens with zero attached hydrogens (tertiary/aromatic N) is 1. The maximum absolute atomic E-state index is 12.9. The second-order valence-electron chi connectivity index (χ2n) is 7.93. The Labute approximate surface area is 164 Å². The van der Waals surface area contributed by atoms with Crippen LogP contribution in [0.2, 0.25) is 0 Å². The number of fused-ring (bicyclic) bond motifs is 1. The van der Waals surface area contributed by atoms with Crippen LogP contribution in [0.4, 0.5) is 15.8 Å². The van der Waals surface area contributed by atoms with Crippen LogP contribution in [0.3, 0.4) is 0 Å². The van der Waals surface area contributed by atoms with Crippen molar-refractivity contribution in [1.82, 2.24) is 0 Å². The second kappa shape index (κ2) is 8.00. The van der Waals surface area contributed by atoms with Crippen molar-refractivity contribution in [3.63, 3.8) is 0 Å². The Morgan fingerprint density at radius 2 is 1.89 bits per heavy atom. The number of carbonyl (C=O) groups is 2. The van der Waals surface area contributed by atoms with E-state index in [1.807, 2.05) is 18.2 Å². The number of carbonyl (C=O) groups excluding carboxylic acids is 2. The Morgan fingerprint density at radius 3 is 2.57 bits per heavy atom. The zero-order valence-corrected chi connectivity index (χ0v) is 16.4. The molecule has 1 aliphatic rings. The van der Waals surface area contributed by atoms with Crippen LogP contribution in [0.15, 0.2) is 42.5 Å². The molecular formula is C22H25FN2O3. The Hall–Kier alpha value is -2.89. The smallest absolute Gasteiger partial charge is 0.265 e. The molecule has 0 unspecified atom stereocenters. The molecule has 0 bridgehead atoms. The summed E-state index contributed by atoms with van der Waals surface area (Å²) in [7, 11) is 0. The van der Waals surface area contributed by atoms with E-state index in [0.717, 1.165) is 11.3 Å². The SMILES string of the molecule is CC(C)(C)c1ccc2c(c1)N(CCCC(=O)Nc1ccc(F)cc1)C(=O)CO2. The zero-order valence-electron chi connectivity index (χ0n) is 16.4. The summed E-state index contributed by atoms with van der Waals surface area (Å²) in [6.45, 7) is 6.78. The normalized spacial score (nSPS) is 13.7. The van der Waals surface area contributed by atoms with Gasteiger partial charge in [0.1, 0.15) is 11.6 Å². The van der Waals surface area contributed by atoms with Crippen LogP contribution >= 0.6 is 0 Å². The van der Waals surface area contributed by atoms with Gasteiger partial charge in [0.2, 0.25) is 5.91 Å². The van der Waals surface area contributed by atoms with Crippen molar-refractivity contribution in [3.8, 4) is 5.75 Å². The van der Waals surface area contributed by atoms with Crippen molar-refractivity contribution in [2.45, 2.75) is 39.0 Å². The molecule has 1 heterocycles. The molecule has 3 rings (SSSR count). The Kier molecular flexibility index (Phi) is 5.68. The molecule has 0 aliphatic carbocycles. The van der Waals surface area contributed by atoms with Gasteiger partial charge in [0.05, 0.1) is 5.69 Å². The highest BCUT2D eigenvalue weighted by molar-refractivity contribution is 5.98. The molecule has 0 saturated heterocycles. The highest BCUT2D eigenvalue weighted by atomic mass is 19.1. The molecule has 0 aromatic heterocycles. The van der Waals surface area contributed by atoms with E-state index in [-0.39, 0.29) is 36.1 Å². The number of halogens is 1. The van der Waals surface area contributed by atoms with Gasteiger partial charge in [0.15, 0.2) is 6.61 Å². The molecule has 0 radical (unpaired) electrons. The van der Waals surface area contributed by atoms with E-state index in [2.05, 4.69) is 26.1 Å². The van der Waals surface area contributed by atoms with Gasteiger partial charge in [-0.2, -0.15) is 0 Å². The highest BCUT2D eigenvalue weighted by Crippen LogP contribution is 2.36. The largest absolute Gasteiger partial charge is 0.482 e. The number of rotatable bonds is 5. The summed E-state index contributed by atoms with van der Waals surface area (Å²) >= 11 is 0. The first-order valence-corrected chi connectivity index (χ1v) is 9.37. The van der Waals surface area contributed by atoms with Crippen molar-refractivity contribution in [1.29, 1.82) is 0 Å². The van der Waals surface area contributed by atoms with Gasteiger partial charge in [-0.25, -0.2) is 4.39 Å². The molecule has 5 nitrogen and oxygen atoms in total. The fourth-order valence-electron chi connectivity index (χ4n) is 3.07. The first kappa shape index (κ1) is 19.9. The third-order valence-electron chi connectivity index (χ3n) is 4.68. The molecule has 0 saturated carbocycles. The summed E-state index contributed by atoms with van der Waals surface area (Å²) in [4.78, 5) is 26.2. The standard InChI is InChI=1S/C22H25FN2O3/c1-22(2,3)15-6-11-19-18(13-15)25(21(27)14-28-19)12-4-5-20(26)24-17-9-7-16(23)8-10-17/h6-11,13H,4-5,12,14H2,1-3H3,(H,24,26). The highest BCUT2D eigenvalue weighted by Gasteiger charge is 2.27. The fourth-order valence-corrected chi connectivity index (χ4v) is 3.07. The summed E-state index contributed by atoms with van der Waals surface area (Å²) in [5.74, 6) is 0.0500. The average molecular weight is 384 g/mol. The van der Waals surface area contributed by atoms with Crippen LogP contribution < -0.4 is 15.0 Å². The summed E-state index contributed by atoms with van der Waals surface area (Å²) in [5.41, 5.74) is 2.37. The quantitative estimate of drug-likeness (QED) is 0.838. The minimum atomic E-state index is -0.350. The lowest BCUT2D eigenvalue weighted by atomic mass is 9.86. The fraction of sp³-hybridized carbons (Fsp3) is 0.364. The van der Waals surface area contributed by atoms with Gasteiger partial charge >= 0.3 is 0 Å². The molecule has 1 aliphatic heterocycles. The summed E-state index contributed by atoms with van der Waals surface area (Å²) in [6.07, 6.45) is 0.772. The van der Waals surface area contributed by atoms with Crippen LogP contribution in [0.1, 0.15) is 39.2 Å². The van der Waals surface area contributed by atoms with Gasteiger partial charge in [-0.3, -0.25) is 9.59 Å². The predicted molar refractivity (Wildman–Crippen MR) is 107 cm³/mol. The van der Waals surface area contributed by atoms with Crippen molar-refractivity contribution in [3.05, 3.63) is 53.8 Å². The van der Waals surface area contributed by atoms with Crippen LogP contribution in [0.5, 0.6) is 5.75 Å². The van der Waals surface area contributed by atoms with Crippen molar-refractivity contribution >= 4 is 23.2 Å². The predicted octanol–water partition coefficient (Wildman–Crippen LogP) is 4.27. The van der Waals surface area contributed by atoms with Crippen molar-refractivity contribution in [2.24, 2.45) is 0 Å². The van der Waals surface area contributed by atoms with Crippen LogP contribution in [-0.2, 0) is 15.0 Å². The van der Waals surface area contributed by atoms with Gasteiger partial charge in [-0.05, 0) is 53.8 Å². The van der Waals surface area contributed by atoms with Gasteiger partial charge in [0, 0.05) is 18.7 Å². The molecule has 148 valence electrons.